The number of amides is 1. The summed E-state index contributed by atoms with van der Waals surface area (Å²) >= 11 is 1.19. The molecular formula is C22H16FN3O3S. The Balaban J connectivity index is 2.01. The quantitative estimate of drug-likeness (QED) is 0.760. The Hall–Kier alpha value is -3.57. The minimum absolute atomic E-state index is 0.0591. The van der Waals surface area contributed by atoms with Crippen LogP contribution < -0.4 is 5.73 Å². The first-order chi connectivity index (χ1) is 14.5. The minimum Gasteiger partial charge on any atom is -0.463 e. The van der Waals surface area contributed by atoms with Gasteiger partial charge in [-0.15, -0.1) is 0 Å². The molecule has 2 aromatic carbocycles. The Bertz CT molecular complexity index is 1180. The molecule has 0 saturated carbocycles. The summed E-state index contributed by atoms with van der Waals surface area (Å²) in [6.07, 6.45) is 0. The molecule has 2 aliphatic rings. The Kier molecular flexibility index (Phi) is 5.06. The van der Waals surface area contributed by atoms with Crippen molar-refractivity contribution in [1.29, 1.82) is 5.26 Å². The third-order valence-electron chi connectivity index (χ3n) is 4.89. The average Bonchev–Trinajstić information content (AvgIpc) is 2.74. The highest BCUT2D eigenvalue weighted by molar-refractivity contribution is 8.03. The lowest BCUT2D eigenvalue weighted by molar-refractivity contribution is -0.138. The number of allylic oxidation sites excluding steroid dienone is 1. The first kappa shape index (κ1) is 19.7. The van der Waals surface area contributed by atoms with Gasteiger partial charge in [0.2, 0.25) is 0 Å². The van der Waals surface area contributed by atoms with Crippen LogP contribution in [-0.2, 0) is 9.53 Å². The molecule has 0 aromatic heterocycles. The Morgan fingerprint density at radius 1 is 1.27 bits per heavy atom. The summed E-state index contributed by atoms with van der Waals surface area (Å²) in [5.41, 5.74) is 6.76. The molecule has 0 aliphatic carbocycles. The molecule has 2 heterocycles. The molecule has 1 amide bonds. The number of esters is 1. The number of hydrogen-bond donors (Lipinski definition) is 1. The van der Waals surface area contributed by atoms with Crippen molar-refractivity contribution >= 4 is 23.6 Å². The van der Waals surface area contributed by atoms with E-state index in [0.29, 0.717) is 10.5 Å². The third kappa shape index (κ3) is 2.95. The SMILES string of the molecule is CCOC(=O)C1=C(N)N2C(=O)c3ccccc3SC2=C(C#N)C1c1ccccc1F. The van der Waals surface area contributed by atoms with E-state index in [2.05, 4.69) is 6.07 Å². The molecule has 1 unspecified atom stereocenters. The fraction of sp³-hybridized carbons (Fsp3) is 0.136. The Morgan fingerprint density at radius 3 is 2.67 bits per heavy atom. The largest absolute Gasteiger partial charge is 0.463 e. The van der Waals surface area contributed by atoms with Gasteiger partial charge in [0.1, 0.15) is 16.7 Å². The molecule has 6 nitrogen and oxygen atoms in total. The number of halogens is 1. The molecule has 150 valence electrons. The van der Waals surface area contributed by atoms with E-state index in [1.165, 1.54) is 30.0 Å². The number of ether oxygens (including phenoxy) is 1. The summed E-state index contributed by atoms with van der Waals surface area (Å²) < 4.78 is 19.9. The number of nitriles is 1. The number of fused-ring (bicyclic) bond motifs is 2. The van der Waals surface area contributed by atoms with Gasteiger partial charge in [0, 0.05) is 10.5 Å². The summed E-state index contributed by atoms with van der Waals surface area (Å²) in [5.74, 6) is -3.11. The van der Waals surface area contributed by atoms with E-state index >= 15 is 0 Å². The molecule has 0 bridgehead atoms. The number of thioether (sulfide) groups is 1. The summed E-state index contributed by atoms with van der Waals surface area (Å²) in [7, 11) is 0. The predicted molar refractivity (Wildman–Crippen MR) is 108 cm³/mol. The van der Waals surface area contributed by atoms with Gasteiger partial charge in [0.15, 0.2) is 0 Å². The van der Waals surface area contributed by atoms with Gasteiger partial charge in [-0.1, -0.05) is 42.1 Å². The number of benzene rings is 2. The number of nitrogens with two attached hydrogens (primary N) is 1. The van der Waals surface area contributed by atoms with Gasteiger partial charge in [0.25, 0.3) is 5.91 Å². The van der Waals surface area contributed by atoms with Crippen molar-refractivity contribution in [1.82, 2.24) is 4.90 Å². The van der Waals surface area contributed by atoms with Crippen LogP contribution in [-0.4, -0.2) is 23.4 Å². The number of carbonyl (C=O) groups is 2. The molecule has 1 atom stereocenters. The second-order valence-corrected chi connectivity index (χ2v) is 7.57. The van der Waals surface area contributed by atoms with E-state index in [-0.39, 0.29) is 34.2 Å². The van der Waals surface area contributed by atoms with Crippen LogP contribution in [0.4, 0.5) is 4.39 Å². The monoisotopic (exact) mass is 421 g/mol. The Morgan fingerprint density at radius 2 is 1.97 bits per heavy atom. The van der Waals surface area contributed by atoms with Gasteiger partial charge in [-0.3, -0.25) is 9.69 Å². The predicted octanol–water partition coefficient (Wildman–Crippen LogP) is 3.64. The molecule has 0 radical (unpaired) electrons. The highest BCUT2D eigenvalue weighted by atomic mass is 32.2. The van der Waals surface area contributed by atoms with E-state index in [1.54, 1.807) is 37.3 Å². The molecule has 0 spiro atoms. The molecule has 30 heavy (non-hydrogen) atoms. The topological polar surface area (TPSA) is 96.4 Å². The lowest BCUT2D eigenvalue weighted by Gasteiger charge is -2.38. The lowest BCUT2D eigenvalue weighted by atomic mass is 9.82. The van der Waals surface area contributed by atoms with Crippen molar-refractivity contribution in [2.75, 3.05) is 6.61 Å². The second kappa shape index (κ2) is 7.69. The van der Waals surface area contributed by atoms with Gasteiger partial charge in [-0.2, -0.15) is 5.26 Å². The maximum Gasteiger partial charge on any atom is 0.338 e. The van der Waals surface area contributed by atoms with Gasteiger partial charge >= 0.3 is 5.97 Å². The van der Waals surface area contributed by atoms with Crippen LogP contribution >= 0.6 is 11.8 Å². The molecule has 2 N–H and O–H groups in total. The van der Waals surface area contributed by atoms with Crippen molar-refractivity contribution in [3.8, 4) is 6.07 Å². The molecule has 2 aliphatic heterocycles. The van der Waals surface area contributed by atoms with Crippen LogP contribution in [0.15, 0.2) is 75.4 Å². The van der Waals surface area contributed by atoms with Crippen LogP contribution in [0.1, 0.15) is 28.8 Å². The van der Waals surface area contributed by atoms with E-state index in [9.17, 15) is 19.2 Å². The standard InChI is InChI=1S/C22H16FN3O3S/c1-2-29-22(28)18-17(12-7-3-5-9-15(12)23)14(11-24)21-26(19(18)25)20(27)13-8-4-6-10-16(13)30-21/h3-10,17H,2,25H2,1H3. The van der Waals surface area contributed by atoms with E-state index < -0.39 is 23.6 Å². The summed E-state index contributed by atoms with van der Waals surface area (Å²) in [6, 6.07) is 14.8. The van der Waals surface area contributed by atoms with Crippen LogP contribution in [0, 0.1) is 17.1 Å². The second-order valence-electron chi connectivity index (χ2n) is 6.54. The summed E-state index contributed by atoms with van der Waals surface area (Å²) in [6.45, 7) is 1.68. The number of hydrogen-bond acceptors (Lipinski definition) is 6. The van der Waals surface area contributed by atoms with Crippen molar-refractivity contribution < 1.29 is 18.7 Å². The molecule has 0 fully saturated rings. The van der Waals surface area contributed by atoms with Crippen molar-refractivity contribution in [2.24, 2.45) is 5.73 Å². The van der Waals surface area contributed by atoms with Crippen molar-refractivity contribution in [2.45, 2.75) is 17.7 Å². The summed E-state index contributed by atoms with van der Waals surface area (Å²) in [5, 5.41) is 10.3. The number of nitrogens with zero attached hydrogens (tertiary/aromatic N) is 2. The van der Waals surface area contributed by atoms with Crippen molar-refractivity contribution in [3.63, 3.8) is 0 Å². The van der Waals surface area contributed by atoms with E-state index in [1.807, 2.05) is 0 Å². The summed E-state index contributed by atoms with van der Waals surface area (Å²) in [4.78, 5) is 27.8. The number of carbonyl (C=O) groups excluding carboxylic acids is 2. The smallest absolute Gasteiger partial charge is 0.338 e. The fourth-order valence-corrected chi connectivity index (χ4v) is 4.76. The maximum absolute atomic E-state index is 14.7. The van der Waals surface area contributed by atoms with Crippen LogP contribution in [0.25, 0.3) is 0 Å². The zero-order valence-corrected chi connectivity index (χ0v) is 16.7. The molecular weight excluding hydrogens is 405 g/mol. The van der Waals surface area contributed by atoms with Gasteiger partial charge < -0.3 is 10.5 Å². The normalized spacial score (nSPS) is 18.0. The van der Waals surface area contributed by atoms with Crippen LogP contribution in [0.3, 0.4) is 0 Å². The zero-order chi connectivity index (χ0) is 21.4. The fourth-order valence-electron chi connectivity index (χ4n) is 3.59. The highest BCUT2D eigenvalue weighted by Crippen LogP contribution is 2.49. The zero-order valence-electron chi connectivity index (χ0n) is 15.9. The Labute approximate surface area is 176 Å². The van der Waals surface area contributed by atoms with E-state index in [0.717, 1.165) is 4.90 Å². The average molecular weight is 421 g/mol. The molecule has 8 heteroatoms. The van der Waals surface area contributed by atoms with Crippen molar-refractivity contribution in [3.05, 3.63) is 87.5 Å². The third-order valence-corrected chi connectivity index (χ3v) is 6.06. The number of rotatable bonds is 3. The minimum atomic E-state index is -1.09. The first-order valence-corrected chi connectivity index (χ1v) is 9.98. The maximum atomic E-state index is 14.7. The van der Waals surface area contributed by atoms with Crippen LogP contribution in [0.5, 0.6) is 0 Å². The molecule has 0 saturated heterocycles. The van der Waals surface area contributed by atoms with E-state index in [4.69, 9.17) is 10.5 Å². The van der Waals surface area contributed by atoms with Gasteiger partial charge in [0.05, 0.1) is 35.3 Å². The van der Waals surface area contributed by atoms with Gasteiger partial charge in [-0.05, 0) is 25.1 Å². The molecule has 2 aromatic rings. The first-order valence-electron chi connectivity index (χ1n) is 9.16. The van der Waals surface area contributed by atoms with Crippen LogP contribution in [0.2, 0.25) is 0 Å². The molecule has 4 rings (SSSR count). The lowest BCUT2D eigenvalue weighted by Crippen LogP contribution is -2.42. The highest BCUT2D eigenvalue weighted by Gasteiger charge is 2.45. The van der Waals surface area contributed by atoms with Gasteiger partial charge in [-0.25, -0.2) is 9.18 Å².